The number of aromatic carboxylic acids is 1. The van der Waals surface area contributed by atoms with E-state index in [0.717, 1.165) is 4.68 Å². The van der Waals surface area contributed by atoms with Crippen LogP contribution in [0.15, 0.2) is 66.9 Å². The van der Waals surface area contributed by atoms with Crippen molar-refractivity contribution in [2.45, 2.75) is 25.0 Å². The molecular weight excluding hydrogens is 595 g/mol. The molecule has 1 unspecified atom stereocenters. The number of aliphatic hydroxyl groups is 1. The van der Waals surface area contributed by atoms with Gasteiger partial charge >= 0.3 is 5.97 Å². The molecule has 1 fully saturated rings. The van der Waals surface area contributed by atoms with E-state index < -0.39 is 41.7 Å². The van der Waals surface area contributed by atoms with Gasteiger partial charge in [-0.1, -0.05) is 35.0 Å². The largest absolute Gasteiger partial charge is 0.478 e. The molecule has 224 valence electrons. The summed E-state index contributed by atoms with van der Waals surface area (Å²) >= 11 is 5.90. The molecule has 3 aromatic carbocycles. The van der Waals surface area contributed by atoms with Crippen LogP contribution in [-0.2, 0) is 16.0 Å². The SMILES string of the molecule is O=C(O)c1ccc(NC(=O)C2c3cccc(N4CC[C@H](O)C4=O)c3CCN2C(=O)c2cn(-c3cccc(Cl)c3F)nn2)cc1. The Hall–Kier alpha value is -5.14. The lowest BCUT2D eigenvalue weighted by Crippen LogP contribution is -2.46. The van der Waals surface area contributed by atoms with Gasteiger partial charge in [-0.05, 0) is 60.0 Å². The Balaban J connectivity index is 1.37. The van der Waals surface area contributed by atoms with E-state index >= 15 is 0 Å². The zero-order chi connectivity index (χ0) is 31.1. The molecule has 3 heterocycles. The Bertz CT molecular complexity index is 1810. The average molecular weight is 619 g/mol. The minimum Gasteiger partial charge on any atom is -0.478 e. The number of nitrogens with zero attached hydrogens (tertiary/aromatic N) is 5. The van der Waals surface area contributed by atoms with Crippen molar-refractivity contribution in [2.75, 3.05) is 23.3 Å². The molecule has 0 bridgehead atoms. The molecule has 2 aliphatic heterocycles. The third-order valence-corrected chi connectivity index (χ3v) is 7.96. The van der Waals surface area contributed by atoms with Crippen molar-refractivity contribution in [1.82, 2.24) is 19.9 Å². The van der Waals surface area contributed by atoms with E-state index in [4.69, 9.17) is 11.6 Å². The van der Waals surface area contributed by atoms with E-state index in [1.54, 1.807) is 18.2 Å². The number of aromatic nitrogens is 3. The van der Waals surface area contributed by atoms with Crippen LogP contribution in [0.5, 0.6) is 0 Å². The zero-order valence-electron chi connectivity index (χ0n) is 22.9. The standard InChI is InChI=1S/C30H24ClFN6O6/c31-20-4-2-6-23(25(20)32)38-15-21(34-35-38)28(41)37-13-11-18-19(3-1-5-22(18)36-14-12-24(39)29(36)42)26(37)27(40)33-17-9-7-16(8-10-17)30(43)44/h1-10,15,24,26,39H,11-14H2,(H,33,40)(H,43,44)/t24-,26?/m0/s1. The number of hydrogen-bond donors (Lipinski definition) is 3. The predicted octanol–water partition coefficient (Wildman–Crippen LogP) is 3.23. The van der Waals surface area contributed by atoms with Crippen LogP contribution in [0, 0.1) is 5.82 Å². The van der Waals surface area contributed by atoms with Crippen LogP contribution in [0.25, 0.3) is 5.69 Å². The fourth-order valence-electron chi connectivity index (χ4n) is 5.51. The number of fused-ring (bicyclic) bond motifs is 1. The lowest BCUT2D eigenvalue weighted by molar-refractivity contribution is -0.124. The Morgan fingerprint density at radius 2 is 1.73 bits per heavy atom. The second-order valence-corrected chi connectivity index (χ2v) is 10.7. The van der Waals surface area contributed by atoms with Crippen LogP contribution in [0.2, 0.25) is 5.02 Å². The Morgan fingerprint density at radius 1 is 1.00 bits per heavy atom. The molecule has 14 heteroatoms. The van der Waals surface area contributed by atoms with Crippen LogP contribution in [0.3, 0.4) is 0 Å². The highest BCUT2D eigenvalue weighted by atomic mass is 35.5. The third kappa shape index (κ3) is 5.16. The first-order valence-corrected chi connectivity index (χ1v) is 13.9. The fraction of sp³-hybridized carbons (Fsp3) is 0.200. The number of halogens is 2. The van der Waals surface area contributed by atoms with Crippen molar-refractivity contribution in [3.63, 3.8) is 0 Å². The van der Waals surface area contributed by atoms with Crippen molar-refractivity contribution in [3.05, 3.63) is 100 Å². The highest BCUT2D eigenvalue weighted by molar-refractivity contribution is 6.30. The molecule has 0 spiro atoms. The lowest BCUT2D eigenvalue weighted by atomic mass is 9.89. The van der Waals surface area contributed by atoms with Crippen molar-refractivity contribution in [2.24, 2.45) is 0 Å². The minimum atomic E-state index is -1.19. The van der Waals surface area contributed by atoms with Crippen LogP contribution < -0.4 is 10.2 Å². The molecule has 0 saturated carbocycles. The molecule has 2 atom stereocenters. The lowest BCUT2D eigenvalue weighted by Gasteiger charge is -2.37. The van der Waals surface area contributed by atoms with Gasteiger partial charge in [-0.25, -0.2) is 13.9 Å². The number of hydrogen-bond acceptors (Lipinski definition) is 7. The molecule has 0 aliphatic carbocycles. The Morgan fingerprint density at radius 3 is 2.43 bits per heavy atom. The monoisotopic (exact) mass is 618 g/mol. The van der Waals surface area contributed by atoms with E-state index in [-0.39, 0.29) is 41.4 Å². The molecule has 0 radical (unpaired) electrons. The number of nitrogens with one attached hydrogen (secondary N) is 1. The van der Waals surface area contributed by atoms with Gasteiger partial charge in [-0.15, -0.1) is 5.10 Å². The summed E-state index contributed by atoms with van der Waals surface area (Å²) in [7, 11) is 0. The molecule has 2 aliphatic rings. The van der Waals surface area contributed by atoms with E-state index in [2.05, 4.69) is 15.6 Å². The molecule has 12 nitrogen and oxygen atoms in total. The number of carboxylic acid groups (broad SMARTS) is 1. The number of carboxylic acids is 1. The van der Waals surface area contributed by atoms with Gasteiger partial charge in [0.1, 0.15) is 17.8 Å². The van der Waals surface area contributed by atoms with Crippen molar-refractivity contribution in [3.8, 4) is 5.69 Å². The zero-order valence-corrected chi connectivity index (χ0v) is 23.6. The summed E-state index contributed by atoms with van der Waals surface area (Å²) in [5, 5.41) is 29.7. The normalized spacial score (nSPS) is 17.8. The summed E-state index contributed by atoms with van der Waals surface area (Å²) < 4.78 is 15.7. The molecule has 44 heavy (non-hydrogen) atoms. The summed E-state index contributed by atoms with van der Waals surface area (Å²) in [5.74, 6) is -3.56. The summed E-state index contributed by atoms with van der Waals surface area (Å²) in [6, 6.07) is 13.8. The number of anilines is 2. The number of carbonyl (C=O) groups is 4. The smallest absolute Gasteiger partial charge is 0.335 e. The minimum absolute atomic E-state index is 0.0192. The number of carbonyl (C=O) groups excluding carboxylic acids is 3. The van der Waals surface area contributed by atoms with Crippen LogP contribution in [0.4, 0.5) is 15.8 Å². The maximum Gasteiger partial charge on any atom is 0.335 e. The first-order valence-electron chi connectivity index (χ1n) is 13.6. The molecule has 1 aromatic heterocycles. The van der Waals surface area contributed by atoms with Gasteiger partial charge in [-0.3, -0.25) is 14.4 Å². The van der Waals surface area contributed by atoms with E-state index in [1.165, 1.54) is 58.5 Å². The number of benzene rings is 3. The van der Waals surface area contributed by atoms with Gasteiger partial charge < -0.3 is 25.3 Å². The fourth-order valence-corrected chi connectivity index (χ4v) is 5.68. The second-order valence-electron chi connectivity index (χ2n) is 10.3. The van der Waals surface area contributed by atoms with Gasteiger partial charge in [0.15, 0.2) is 11.5 Å². The van der Waals surface area contributed by atoms with Crippen LogP contribution in [0.1, 0.15) is 44.4 Å². The molecule has 3 amide bonds. The second kappa shape index (κ2) is 11.5. The van der Waals surface area contributed by atoms with Gasteiger partial charge in [0.25, 0.3) is 17.7 Å². The van der Waals surface area contributed by atoms with Crippen molar-refractivity contribution in [1.29, 1.82) is 0 Å². The van der Waals surface area contributed by atoms with Gasteiger partial charge in [0, 0.05) is 30.9 Å². The van der Waals surface area contributed by atoms with Gasteiger partial charge in [0.2, 0.25) is 0 Å². The molecular formula is C30H24ClFN6O6. The Kier molecular flexibility index (Phi) is 7.57. The van der Waals surface area contributed by atoms with Crippen LogP contribution >= 0.6 is 11.6 Å². The summed E-state index contributed by atoms with van der Waals surface area (Å²) in [5.41, 5.74) is 1.84. The molecule has 4 aromatic rings. The topological polar surface area (TPSA) is 158 Å². The summed E-state index contributed by atoms with van der Waals surface area (Å²) in [4.78, 5) is 54.5. The van der Waals surface area contributed by atoms with Crippen molar-refractivity contribution >= 4 is 46.7 Å². The number of aliphatic hydroxyl groups excluding tert-OH is 1. The number of amides is 3. The quantitative estimate of drug-likeness (QED) is 0.297. The summed E-state index contributed by atoms with van der Waals surface area (Å²) in [6.45, 7) is 0.358. The number of rotatable bonds is 6. The highest BCUT2D eigenvalue weighted by Crippen LogP contribution is 2.38. The van der Waals surface area contributed by atoms with Crippen LogP contribution in [-0.4, -0.2) is 73.0 Å². The predicted molar refractivity (Wildman–Crippen MR) is 155 cm³/mol. The van der Waals surface area contributed by atoms with Gasteiger partial charge in [0.05, 0.1) is 16.8 Å². The molecule has 6 rings (SSSR count). The highest BCUT2D eigenvalue weighted by Gasteiger charge is 2.40. The van der Waals surface area contributed by atoms with Gasteiger partial charge in [-0.2, -0.15) is 0 Å². The Labute approximate surface area is 254 Å². The third-order valence-electron chi connectivity index (χ3n) is 7.66. The summed E-state index contributed by atoms with van der Waals surface area (Å²) in [6.07, 6.45) is 0.678. The maximum atomic E-state index is 14.6. The maximum absolute atomic E-state index is 14.6. The molecule has 1 saturated heterocycles. The molecule has 3 N–H and O–H groups in total. The first-order chi connectivity index (χ1) is 21.1. The van der Waals surface area contributed by atoms with E-state index in [0.29, 0.717) is 29.0 Å². The van der Waals surface area contributed by atoms with Crippen molar-refractivity contribution < 1.29 is 33.8 Å². The van der Waals surface area contributed by atoms with E-state index in [1.807, 2.05) is 0 Å². The van der Waals surface area contributed by atoms with E-state index in [9.17, 15) is 33.8 Å². The first kappa shape index (κ1) is 29.0. The average Bonchev–Trinajstić information content (AvgIpc) is 3.64.